The van der Waals surface area contributed by atoms with E-state index in [1.165, 1.54) is 25.2 Å². The van der Waals surface area contributed by atoms with E-state index >= 15 is 0 Å². The molecule has 1 fully saturated rings. The Bertz CT molecular complexity index is 496. The third-order valence-electron chi connectivity index (χ3n) is 3.69. The molecule has 23 heavy (non-hydrogen) atoms. The molecule has 0 amide bonds. The van der Waals surface area contributed by atoms with Crippen molar-refractivity contribution in [1.29, 1.82) is 0 Å². The largest absolute Gasteiger partial charge is 0.487 e. The highest BCUT2D eigenvalue weighted by molar-refractivity contribution is 9.09. The van der Waals surface area contributed by atoms with Crippen molar-refractivity contribution < 1.29 is 18.6 Å². The molecule has 0 bridgehead atoms. The minimum Gasteiger partial charge on any atom is -0.487 e. The zero-order chi connectivity index (χ0) is 16.3. The molecule has 5 nitrogen and oxygen atoms in total. The van der Waals surface area contributed by atoms with Crippen LogP contribution in [0.15, 0.2) is 21.5 Å². The molecule has 0 radical (unpaired) electrons. The van der Waals surface area contributed by atoms with Crippen LogP contribution in [-0.4, -0.2) is 24.8 Å². The van der Waals surface area contributed by atoms with Crippen LogP contribution in [0.5, 0.6) is 5.75 Å². The second-order valence-electron chi connectivity index (χ2n) is 5.63. The Hall–Kier alpha value is -0.850. The molecule has 1 aromatic heterocycles. The highest BCUT2D eigenvalue weighted by Gasteiger charge is 2.15. The average Bonchev–Trinajstić information content (AvgIpc) is 2.58. The van der Waals surface area contributed by atoms with Crippen molar-refractivity contribution in [3.05, 3.63) is 28.3 Å². The lowest BCUT2D eigenvalue weighted by Crippen LogP contribution is -2.22. The summed E-state index contributed by atoms with van der Waals surface area (Å²) in [5, 5.41) is 1.03. The van der Waals surface area contributed by atoms with E-state index in [-0.39, 0.29) is 24.1 Å². The monoisotopic (exact) mass is 388 g/mol. The summed E-state index contributed by atoms with van der Waals surface area (Å²) in [5.41, 5.74) is -0.167. The van der Waals surface area contributed by atoms with Gasteiger partial charge in [-0.3, -0.25) is 4.79 Å². The van der Waals surface area contributed by atoms with Crippen molar-refractivity contribution in [2.24, 2.45) is 0 Å². The summed E-state index contributed by atoms with van der Waals surface area (Å²) < 4.78 is 22.0. The number of hydrogen-bond donors (Lipinski definition) is 0. The molecule has 6 heteroatoms. The molecule has 1 aliphatic heterocycles. The number of ether oxygens (including phenoxy) is 3. The molecule has 2 heterocycles. The molecule has 0 aromatic carbocycles. The van der Waals surface area contributed by atoms with E-state index in [9.17, 15) is 4.79 Å². The van der Waals surface area contributed by atoms with Gasteiger partial charge in [0.25, 0.3) is 0 Å². The fraction of sp³-hybridized carbons (Fsp3) is 0.706. The van der Waals surface area contributed by atoms with E-state index < -0.39 is 0 Å². The van der Waals surface area contributed by atoms with Crippen LogP contribution in [0.2, 0.25) is 0 Å². The predicted octanol–water partition coefficient (Wildman–Crippen LogP) is 4.02. The molecule has 1 atom stereocenters. The third kappa shape index (κ3) is 7.06. The lowest BCUT2D eigenvalue weighted by molar-refractivity contribution is -0.171. The van der Waals surface area contributed by atoms with Crippen LogP contribution in [0.3, 0.4) is 0 Å². The summed E-state index contributed by atoms with van der Waals surface area (Å²) in [7, 11) is 0. The van der Waals surface area contributed by atoms with Gasteiger partial charge < -0.3 is 18.6 Å². The molecule has 1 unspecified atom stereocenters. The van der Waals surface area contributed by atoms with Gasteiger partial charge in [0, 0.05) is 18.0 Å². The molecular weight excluding hydrogens is 364 g/mol. The second-order valence-corrected chi connectivity index (χ2v) is 6.43. The first kappa shape index (κ1) is 18.5. The van der Waals surface area contributed by atoms with Gasteiger partial charge in [0.05, 0.1) is 6.61 Å². The van der Waals surface area contributed by atoms with E-state index in [1.54, 1.807) is 0 Å². The van der Waals surface area contributed by atoms with Gasteiger partial charge in [0.2, 0.25) is 11.2 Å². The van der Waals surface area contributed by atoms with Gasteiger partial charge in [-0.25, -0.2) is 0 Å². The summed E-state index contributed by atoms with van der Waals surface area (Å²) >= 11 is 3.41. The summed E-state index contributed by atoms with van der Waals surface area (Å²) in [6.45, 7) is 1.52. The van der Waals surface area contributed by atoms with Gasteiger partial charge in [-0.05, 0) is 32.1 Å². The molecule has 130 valence electrons. The van der Waals surface area contributed by atoms with Crippen molar-refractivity contribution in [2.45, 2.75) is 57.8 Å². The lowest BCUT2D eigenvalue weighted by Gasteiger charge is -2.22. The Morgan fingerprint density at radius 2 is 2.09 bits per heavy atom. The third-order valence-corrected chi connectivity index (χ3v) is 4.25. The fourth-order valence-electron chi connectivity index (χ4n) is 2.37. The zero-order valence-electron chi connectivity index (χ0n) is 13.4. The normalized spacial score (nSPS) is 18.0. The van der Waals surface area contributed by atoms with Gasteiger partial charge in [-0.15, -0.1) is 0 Å². The van der Waals surface area contributed by atoms with E-state index in [1.807, 2.05) is 0 Å². The van der Waals surface area contributed by atoms with Crippen molar-refractivity contribution in [2.75, 3.05) is 18.5 Å². The first-order valence-corrected chi connectivity index (χ1v) is 9.45. The minimum atomic E-state index is -0.190. The summed E-state index contributed by atoms with van der Waals surface area (Å²) in [6, 6.07) is 1.43. The van der Waals surface area contributed by atoms with E-state index in [4.69, 9.17) is 18.6 Å². The molecule has 1 aliphatic rings. The van der Waals surface area contributed by atoms with Gasteiger partial charge in [0.15, 0.2) is 6.29 Å². The Labute approximate surface area is 145 Å². The van der Waals surface area contributed by atoms with Gasteiger partial charge >= 0.3 is 0 Å². The molecular formula is C17H25BrO5. The summed E-state index contributed by atoms with van der Waals surface area (Å²) in [5.74, 6) is 0.761. The summed E-state index contributed by atoms with van der Waals surface area (Å²) in [6.07, 6.45) is 8.64. The summed E-state index contributed by atoms with van der Waals surface area (Å²) in [4.78, 5) is 12.0. The average molecular weight is 389 g/mol. The number of halogens is 1. The van der Waals surface area contributed by atoms with Crippen LogP contribution in [0.4, 0.5) is 0 Å². The maximum absolute atomic E-state index is 12.0. The van der Waals surface area contributed by atoms with Gasteiger partial charge in [-0.1, -0.05) is 28.8 Å². The van der Waals surface area contributed by atoms with Crippen molar-refractivity contribution in [3.8, 4) is 5.75 Å². The zero-order valence-corrected chi connectivity index (χ0v) is 15.0. The first-order valence-electron chi connectivity index (χ1n) is 8.33. The number of alkyl halides is 1. The van der Waals surface area contributed by atoms with Crippen molar-refractivity contribution in [1.82, 2.24) is 0 Å². The van der Waals surface area contributed by atoms with Crippen LogP contribution in [0.1, 0.15) is 50.7 Å². The van der Waals surface area contributed by atoms with E-state index in [0.717, 1.165) is 44.0 Å². The molecule has 1 saturated heterocycles. The van der Waals surface area contributed by atoms with E-state index in [0.29, 0.717) is 12.4 Å². The van der Waals surface area contributed by atoms with Crippen molar-refractivity contribution in [3.63, 3.8) is 0 Å². The molecule has 0 spiro atoms. The number of unbranched alkanes of at least 4 members (excludes halogenated alkanes) is 3. The highest BCUT2D eigenvalue weighted by Crippen LogP contribution is 2.16. The van der Waals surface area contributed by atoms with Gasteiger partial charge in [-0.2, -0.15) is 0 Å². The molecule has 0 N–H and O–H groups in total. The Morgan fingerprint density at radius 3 is 2.83 bits per heavy atom. The molecule has 0 aliphatic carbocycles. The molecule has 1 aromatic rings. The second kappa shape index (κ2) is 10.8. The quantitative estimate of drug-likeness (QED) is 0.447. The van der Waals surface area contributed by atoms with E-state index in [2.05, 4.69) is 15.9 Å². The first-order chi connectivity index (χ1) is 11.3. The SMILES string of the molecule is O=c1cc(COC2CCCCO2)occ1OCCCCCCBr. The van der Waals surface area contributed by atoms with Gasteiger partial charge in [0.1, 0.15) is 18.6 Å². The standard InChI is InChI=1S/C17H25BrO5/c18-8-4-1-2-5-9-20-16-13-22-14(11-15(16)19)12-23-17-7-3-6-10-21-17/h11,13,17H,1-10,12H2. The fourth-order valence-corrected chi connectivity index (χ4v) is 2.77. The van der Waals surface area contributed by atoms with Crippen LogP contribution in [-0.2, 0) is 16.1 Å². The Morgan fingerprint density at radius 1 is 1.22 bits per heavy atom. The van der Waals surface area contributed by atoms with Crippen molar-refractivity contribution >= 4 is 15.9 Å². The topological polar surface area (TPSA) is 57.9 Å². The highest BCUT2D eigenvalue weighted by atomic mass is 79.9. The van der Waals surface area contributed by atoms with Crippen LogP contribution in [0, 0.1) is 0 Å². The Kier molecular flexibility index (Phi) is 8.71. The maximum atomic E-state index is 12.0. The minimum absolute atomic E-state index is 0.167. The maximum Gasteiger partial charge on any atom is 0.227 e. The van der Waals surface area contributed by atoms with Crippen LogP contribution in [0.25, 0.3) is 0 Å². The number of hydrogen-bond acceptors (Lipinski definition) is 5. The molecule has 0 saturated carbocycles. The Balaban J connectivity index is 1.70. The lowest BCUT2D eigenvalue weighted by atomic mass is 10.2. The molecule has 2 rings (SSSR count). The van der Waals surface area contributed by atoms with Crippen LogP contribution < -0.4 is 10.2 Å². The smallest absolute Gasteiger partial charge is 0.227 e. The predicted molar refractivity (Wildman–Crippen MR) is 91.1 cm³/mol. The number of rotatable bonds is 10. The van der Waals surface area contributed by atoms with Crippen LogP contribution >= 0.6 is 15.9 Å².